The second-order valence-electron chi connectivity index (χ2n) is 7.99. The van der Waals surface area contributed by atoms with Gasteiger partial charge in [0.05, 0.1) is 0 Å². The maximum absolute atomic E-state index is 12.9. The lowest BCUT2D eigenvalue weighted by molar-refractivity contribution is 0.0594. The zero-order valence-corrected chi connectivity index (χ0v) is 17.8. The van der Waals surface area contributed by atoms with Gasteiger partial charge in [0.1, 0.15) is 18.1 Å². The number of carbonyl (C=O) groups is 1. The molecule has 1 aliphatic heterocycles. The van der Waals surface area contributed by atoms with E-state index in [1.807, 2.05) is 53.6 Å². The Kier molecular flexibility index (Phi) is 5.85. The summed E-state index contributed by atoms with van der Waals surface area (Å²) in [6, 6.07) is 21.7. The van der Waals surface area contributed by atoms with E-state index in [2.05, 4.69) is 28.1 Å². The molecule has 4 aromatic rings. The summed E-state index contributed by atoms with van der Waals surface area (Å²) in [6.45, 7) is 4.17. The first-order chi connectivity index (χ1) is 15.7. The average molecular weight is 428 g/mol. The highest BCUT2D eigenvalue weighted by atomic mass is 16.5. The van der Waals surface area contributed by atoms with E-state index in [-0.39, 0.29) is 12.5 Å². The van der Waals surface area contributed by atoms with Gasteiger partial charge >= 0.3 is 0 Å². The zero-order valence-electron chi connectivity index (χ0n) is 17.8. The summed E-state index contributed by atoms with van der Waals surface area (Å²) >= 11 is 0. The predicted octanol–water partition coefficient (Wildman–Crippen LogP) is 4.36. The van der Waals surface area contributed by atoms with E-state index in [0.717, 1.165) is 30.8 Å². The molecule has 0 aliphatic carbocycles. The van der Waals surface area contributed by atoms with Crippen LogP contribution in [0, 0.1) is 0 Å². The van der Waals surface area contributed by atoms with Gasteiger partial charge in [-0.3, -0.25) is 14.7 Å². The normalized spacial score (nSPS) is 14.6. The van der Waals surface area contributed by atoms with Crippen molar-refractivity contribution >= 4 is 16.7 Å². The summed E-state index contributed by atoms with van der Waals surface area (Å²) in [7, 11) is 0. The predicted molar refractivity (Wildman–Crippen MR) is 122 cm³/mol. The maximum Gasteiger partial charge on any atom is 0.289 e. The van der Waals surface area contributed by atoms with E-state index >= 15 is 0 Å². The van der Waals surface area contributed by atoms with Crippen LogP contribution in [0.2, 0.25) is 0 Å². The number of amides is 1. The van der Waals surface area contributed by atoms with Crippen molar-refractivity contribution in [3.8, 4) is 5.75 Å². The van der Waals surface area contributed by atoms with Crippen molar-refractivity contribution in [2.45, 2.75) is 13.2 Å². The largest absolute Gasteiger partial charge is 0.486 e. The van der Waals surface area contributed by atoms with Crippen molar-refractivity contribution < 1.29 is 13.9 Å². The Labute approximate surface area is 187 Å². The topological polar surface area (TPSA) is 58.8 Å². The number of fused-ring (bicyclic) bond motifs is 1. The van der Waals surface area contributed by atoms with Crippen LogP contribution in [0.4, 0.5) is 0 Å². The third-order valence-corrected chi connectivity index (χ3v) is 5.76. The number of aromatic nitrogens is 1. The van der Waals surface area contributed by atoms with Crippen LogP contribution in [0.3, 0.4) is 0 Å². The molecule has 1 amide bonds. The van der Waals surface area contributed by atoms with Crippen LogP contribution in [0.15, 0.2) is 83.5 Å². The van der Waals surface area contributed by atoms with E-state index in [1.54, 1.807) is 12.3 Å². The zero-order chi connectivity index (χ0) is 21.8. The molecular formula is C26H25N3O3. The Hall–Kier alpha value is -3.64. The lowest BCUT2D eigenvalue weighted by atomic mass is 10.1. The molecule has 1 fully saturated rings. The van der Waals surface area contributed by atoms with Gasteiger partial charge in [0.2, 0.25) is 0 Å². The first-order valence-electron chi connectivity index (χ1n) is 10.9. The Bertz CT molecular complexity index is 1200. The molecule has 0 bridgehead atoms. The highest BCUT2D eigenvalue weighted by Crippen LogP contribution is 2.22. The fourth-order valence-corrected chi connectivity index (χ4v) is 4.00. The van der Waals surface area contributed by atoms with Crippen LogP contribution in [-0.4, -0.2) is 46.9 Å². The van der Waals surface area contributed by atoms with Gasteiger partial charge in [-0.05, 0) is 46.7 Å². The van der Waals surface area contributed by atoms with Crippen LogP contribution in [0.5, 0.6) is 5.75 Å². The van der Waals surface area contributed by atoms with Gasteiger partial charge in [-0.1, -0.05) is 36.4 Å². The van der Waals surface area contributed by atoms with Crippen LogP contribution in [0.1, 0.15) is 21.9 Å². The highest BCUT2D eigenvalue weighted by Gasteiger charge is 2.24. The number of nitrogens with zero attached hydrogens (tertiary/aromatic N) is 3. The quantitative estimate of drug-likeness (QED) is 0.458. The number of piperazine rings is 1. The Morgan fingerprint density at radius 2 is 1.78 bits per heavy atom. The van der Waals surface area contributed by atoms with Crippen LogP contribution < -0.4 is 4.74 Å². The van der Waals surface area contributed by atoms with E-state index in [0.29, 0.717) is 24.6 Å². The van der Waals surface area contributed by atoms with Crippen LogP contribution in [0.25, 0.3) is 10.8 Å². The molecule has 0 spiro atoms. The van der Waals surface area contributed by atoms with Gasteiger partial charge in [-0.25, -0.2) is 0 Å². The van der Waals surface area contributed by atoms with Gasteiger partial charge in [-0.2, -0.15) is 0 Å². The summed E-state index contributed by atoms with van der Waals surface area (Å²) in [5, 5.41) is 2.30. The number of hydrogen-bond donors (Lipinski definition) is 0. The van der Waals surface area contributed by atoms with Gasteiger partial charge < -0.3 is 14.1 Å². The van der Waals surface area contributed by atoms with E-state index < -0.39 is 0 Å². The molecule has 6 nitrogen and oxygen atoms in total. The number of rotatable bonds is 6. The third kappa shape index (κ3) is 4.65. The molecule has 32 heavy (non-hydrogen) atoms. The summed E-state index contributed by atoms with van der Waals surface area (Å²) in [5.41, 5.74) is 1.19. The first kappa shape index (κ1) is 20.3. The number of hydrogen-bond acceptors (Lipinski definition) is 5. The molecule has 3 heterocycles. The number of benzene rings is 2. The molecule has 0 unspecified atom stereocenters. The third-order valence-electron chi connectivity index (χ3n) is 5.76. The molecule has 0 N–H and O–H groups in total. The molecule has 1 aliphatic rings. The van der Waals surface area contributed by atoms with Crippen molar-refractivity contribution in [3.63, 3.8) is 0 Å². The molecular weight excluding hydrogens is 402 g/mol. The van der Waals surface area contributed by atoms with Crippen molar-refractivity contribution in [2.24, 2.45) is 0 Å². The van der Waals surface area contributed by atoms with Gasteiger partial charge in [0.25, 0.3) is 5.91 Å². The van der Waals surface area contributed by atoms with Gasteiger partial charge in [0.15, 0.2) is 5.76 Å². The van der Waals surface area contributed by atoms with E-state index in [9.17, 15) is 4.79 Å². The fourth-order valence-electron chi connectivity index (χ4n) is 4.00. The van der Waals surface area contributed by atoms with Crippen LogP contribution >= 0.6 is 0 Å². The lowest BCUT2D eigenvalue weighted by Crippen LogP contribution is -2.48. The number of furan rings is 1. The molecule has 5 rings (SSSR count). The smallest absolute Gasteiger partial charge is 0.289 e. The standard InChI is InChI=1S/C26H25N3O3/c30-26(29-14-12-28(13-15-29)18-20-4-3-11-27-17-20)25-10-9-24(32-25)19-31-23-8-7-21-5-1-2-6-22(21)16-23/h1-11,16-17H,12-15,18-19H2. The van der Waals surface area contributed by atoms with E-state index in [1.165, 1.54) is 10.9 Å². The molecule has 6 heteroatoms. The molecule has 2 aromatic heterocycles. The van der Waals surface area contributed by atoms with Crippen molar-refractivity contribution in [3.05, 3.63) is 96.2 Å². The monoisotopic (exact) mass is 427 g/mol. The summed E-state index contributed by atoms with van der Waals surface area (Å²) in [6.07, 6.45) is 3.67. The molecule has 0 saturated carbocycles. The Morgan fingerprint density at radius 3 is 2.59 bits per heavy atom. The maximum atomic E-state index is 12.9. The molecule has 1 saturated heterocycles. The molecule has 2 aromatic carbocycles. The summed E-state index contributed by atoms with van der Waals surface area (Å²) in [5.74, 6) is 1.71. The Morgan fingerprint density at radius 1 is 0.938 bits per heavy atom. The Balaban J connectivity index is 1.14. The molecule has 162 valence electrons. The number of ether oxygens (including phenoxy) is 1. The van der Waals surface area contributed by atoms with Gasteiger partial charge in [-0.15, -0.1) is 0 Å². The SMILES string of the molecule is O=C(c1ccc(COc2ccc3ccccc3c2)o1)N1CCN(Cc2cccnc2)CC1. The fraction of sp³-hybridized carbons (Fsp3) is 0.231. The number of pyridine rings is 1. The summed E-state index contributed by atoms with van der Waals surface area (Å²) < 4.78 is 11.7. The van der Waals surface area contributed by atoms with Gasteiger partial charge in [0, 0.05) is 45.1 Å². The lowest BCUT2D eigenvalue weighted by Gasteiger charge is -2.34. The second kappa shape index (κ2) is 9.24. The number of carbonyl (C=O) groups excluding carboxylic acids is 1. The molecule has 0 radical (unpaired) electrons. The van der Waals surface area contributed by atoms with Crippen molar-refractivity contribution in [1.29, 1.82) is 0 Å². The average Bonchev–Trinajstić information content (AvgIpc) is 3.32. The van der Waals surface area contributed by atoms with Crippen molar-refractivity contribution in [1.82, 2.24) is 14.8 Å². The molecule has 0 atom stereocenters. The van der Waals surface area contributed by atoms with Crippen molar-refractivity contribution in [2.75, 3.05) is 26.2 Å². The van der Waals surface area contributed by atoms with E-state index in [4.69, 9.17) is 9.15 Å². The van der Waals surface area contributed by atoms with Crippen LogP contribution in [-0.2, 0) is 13.2 Å². The second-order valence-corrected chi connectivity index (χ2v) is 7.99. The minimum absolute atomic E-state index is 0.0667. The highest BCUT2D eigenvalue weighted by molar-refractivity contribution is 5.91. The minimum atomic E-state index is -0.0667. The minimum Gasteiger partial charge on any atom is -0.486 e. The first-order valence-corrected chi connectivity index (χ1v) is 10.9. The summed E-state index contributed by atoms with van der Waals surface area (Å²) in [4.78, 5) is 21.2.